The van der Waals surface area contributed by atoms with Crippen LogP contribution in [0.5, 0.6) is 0 Å². The average molecular weight is 324 g/mol. The summed E-state index contributed by atoms with van der Waals surface area (Å²) in [6, 6.07) is 7.95. The first-order valence-corrected chi connectivity index (χ1v) is 6.64. The third-order valence-corrected chi connectivity index (χ3v) is 3.55. The van der Waals surface area contributed by atoms with Crippen molar-refractivity contribution < 1.29 is 4.52 Å². The lowest BCUT2D eigenvalue weighted by Crippen LogP contribution is -1.99. The highest BCUT2D eigenvalue weighted by atomic mass is 79.9. The molecule has 0 saturated carbocycles. The van der Waals surface area contributed by atoms with E-state index in [1.54, 1.807) is 0 Å². The monoisotopic (exact) mass is 323 g/mol. The fourth-order valence-electron chi connectivity index (χ4n) is 1.95. The summed E-state index contributed by atoms with van der Waals surface area (Å²) >= 11 is 8.78. The largest absolute Gasteiger partial charge is 0.361 e. The van der Waals surface area contributed by atoms with Crippen LogP contribution in [0.3, 0.4) is 0 Å². The summed E-state index contributed by atoms with van der Waals surface area (Å²) in [7, 11) is 0. The van der Waals surface area contributed by atoms with Crippen LogP contribution in [0.1, 0.15) is 11.5 Å². The maximum absolute atomic E-state index is 5.34. The minimum absolute atomic E-state index is 0.609. The Morgan fingerprint density at radius 2 is 2.28 bits per heavy atom. The topological polar surface area (TPSA) is 46.8 Å². The van der Waals surface area contributed by atoms with Gasteiger partial charge in [-0.15, -0.1) is 0 Å². The summed E-state index contributed by atoms with van der Waals surface area (Å²) in [6.07, 6.45) is 0. The third-order valence-electron chi connectivity index (χ3n) is 2.73. The Bertz CT molecular complexity index is 771. The van der Waals surface area contributed by atoms with Gasteiger partial charge in [0.25, 0.3) is 0 Å². The molecule has 2 aromatic heterocycles. The van der Waals surface area contributed by atoms with Gasteiger partial charge in [0.15, 0.2) is 4.77 Å². The number of imidazole rings is 1. The zero-order chi connectivity index (χ0) is 12.7. The van der Waals surface area contributed by atoms with E-state index < -0.39 is 0 Å². The van der Waals surface area contributed by atoms with Crippen molar-refractivity contribution in [3.8, 4) is 0 Å². The number of aromatic amines is 1. The van der Waals surface area contributed by atoms with E-state index in [-0.39, 0.29) is 0 Å². The van der Waals surface area contributed by atoms with Crippen molar-refractivity contribution in [1.82, 2.24) is 14.7 Å². The van der Waals surface area contributed by atoms with Gasteiger partial charge in [-0.05, 0) is 37.3 Å². The van der Waals surface area contributed by atoms with Gasteiger partial charge in [-0.3, -0.25) is 0 Å². The van der Waals surface area contributed by atoms with E-state index in [9.17, 15) is 0 Å². The lowest BCUT2D eigenvalue weighted by Gasteiger charge is -2.00. The van der Waals surface area contributed by atoms with Gasteiger partial charge in [0.05, 0.1) is 17.6 Å². The highest BCUT2D eigenvalue weighted by Gasteiger charge is 2.07. The molecule has 0 amide bonds. The lowest BCUT2D eigenvalue weighted by molar-refractivity contribution is 0.389. The van der Waals surface area contributed by atoms with Gasteiger partial charge in [0.2, 0.25) is 0 Å². The number of halogens is 1. The van der Waals surface area contributed by atoms with Gasteiger partial charge >= 0.3 is 0 Å². The molecule has 0 spiro atoms. The van der Waals surface area contributed by atoms with Gasteiger partial charge in [0.1, 0.15) is 11.5 Å². The van der Waals surface area contributed by atoms with Crippen LogP contribution in [0.25, 0.3) is 11.0 Å². The first-order chi connectivity index (χ1) is 8.63. The Hall–Kier alpha value is -1.40. The first kappa shape index (κ1) is 11.7. The lowest BCUT2D eigenvalue weighted by atomic mass is 10.3. The summed E-state index contributed by atoms with van der Waals surface area (Å²) in [6.45, 7) is 2.49. The fourth-order valence-corrected chi connectivity index (χ4v) is 2.58. The summed E-state index contributed by atoms with van der Waals surface area (Å²) in [5.41, 5.74) is 2.94. The molecular weight excluding hydrogens is 314 g/mol. The van der Waals surface area contributed by atoms with Crippen LogP contribution in [0, 0.1) is 11.7 Å². The maximum Gasteiger partial charge on any atom is 0.178 e. The van der Waals surface area contributed by atoms with Crippen molar-refractivity contribution >= 4 is 39.2 Å². The molecule has 92 valence electrons. The molecule has 0 saturated heterocycles. The average Bonchev–Trinajstić information content (AvgIpc) is 2.84. The summed E-state index contributed by atoms with van der Waals surface area (Å²) < 4.78 is 8.79. The zero-order valence-corrected chi connectivity index (χ0v) is 12.0. The van der Waals surface area contributed by atoms with E-state index in [4.69, 9.17) is 16.7 Å². The number of aromatic nitrogens is 3. The van der Waals surface area contributed by atoms with E-state index >= 15 is 0 Å². The van der Waals surface area contributed by atoms with Crippen molar-refractivity contribution in [2.75, 3.05) is 0 Å². The molecule has 1 aromatic carbocycles. The molecule has 0 fully saturated rings. The number of aryl methyl sites for hydroxylation is 1. The molecular formula is C12H10BrN3OS. The molecule has 0 atom stereocenters. The molecule has 0 unspecified atom stereocenters. The Morgan fingerprint density at radius 3 is 3.00 bits per heavy atom. The predicted octanol–water partition coefficient (Wildman–Crippen LogP) is 3.81. The summed E-state index contributed by atoms with van der Waals surface area (Å²) in [4.78, 5) is 3.18. The van der Waals surface area contributed by atoms with Gasteiger partial charge in [0, 0.05) is 10.5 Å². The number of benzene rings is 1. The SMILES string of the molecule is Cc1cc(Cn2c(=S)[nH]c3cc(Br)ccc32)no1. The van der Waals surface area contributed by atoms with Crippen LogP contribution in [-0.4, -0.2) is 14.7 Å². The second kappa shape index (κ2) is 4.37. The zero-order valence-electron chi connectivity index (χ0n) is 9.61. The number of hydrogen-bond donors (Lipinski definition) is 1. The second-order valence-electron chi connectivity index (χ2n) is 4.11. The molecule has 3 aromatic rings. The van der Waals surface area contributed by atoms with Crippen molar-refractivity contribution in [2.24, 2.45) is 0 Å². The van der Waals surface area contributed by atoms with E-state index in [0.29, 0.717) is 11.3 Å². The van der Waals surface area contributed by atoms with Crippen LogP contribution in [0.4, 0.5) is 0 Å². The Labute approximate surface area is 117 Å². The van der Waals surface area contributed by atoms with Crippen molar-refractivity contribution in [1.29, 1.82) is 0 Å². The predicted molar refractivity (Wildman–Crippen MR) is 75.2 cm³/mol. The Balaban J connectivity index is 2.11. The fraction of sp³-hybridized carbons (Fsp3) is 0.167. The first-order valence-electron chi connectivity index (χ1n) is 5.44. The van der Waals surface area contributed by atoms with Crippen molar-refractivity contribution in [2.45, 2.75) is 13.5 Å². The second-order valence-corrected chi connectivity index (χ2v) is 5.41. The van der Waals surface area contributed by atoms with Crippen molar-refractivity contribution in [3.05, 3.63) is 45.0 Å². The van der Waals surface area contributed by atoms with Gasteiger partial charge in [-0.2, -0.15) is 0 Å². The molecule has 0 aliphatic heterocycles. The van der Waals surface area contributed by atoms with Gasteiger partial charge in [-0.25, -0.2) is 0 Å². The molecule has 0 bridgehead atoms. The van der Waals surface area contributed by atoms with Crippen LogP contribution in [-0.2, 0) is 6.54 Å². The molecule has 1 N–H and O–H groups in total. The van der Waals surface area contributed by atoms with E-state index in [1.165, 1.54) is 0 Å². The number of H-pyrrole nitrogens is 1. The van der Waals surface area contributed by atoms with E-state index in [2.05, 4.69) is 26.1 Å². The maximum atomic E-state index is 5.34. The molecule has 6 heteroatoms. The van der Waals surface area contributed by atoms with Crippen LogP contribution < -0.4 is 0 Å². The van der Waals surface area contributed by atoms with Gasteiger partial charge < -0.3 is 14.1 Å². The Morgan fingerprint density at radius 1 is 1.44 bits per heavy atom. The molecule has 3 rings (SSSR count). The molecule has 4 nitrogen and oxygen atoms in total. The minimum Gasteiger partial charge on any atom is -0.361 e. The number of rotatable bonds is 2. The number of fused-ring (bicyclic) bond motifs is 1. The smallest absolute Gasteiger partial charge is 0.178 e. The summed E-state index contributed by atoms with van der Waals surface area (Å²) in [5, 5.41) is 3.99. The number of nitrogens with zero attached hydrogens (tertiary/aromatic N) is 2. The normalized spacial score (nSPS) is 11.2. The molecule has 0 aliphatic rings. The van der Waals surface area contributed by atoms with Crippen LogP contribution in [0.15, 0.2) is 33.3 Å². The third kappa shape index (κ3) is 2.02. The molecule has 2 heterocycles. The highest BCUT2D eigenvalue weighted by molar-refractivity contribution is 9.10. The quantitative estimate of drug-likeness (QED) is 0.729. The Kier molecular flexibility index (Phi) is 2.83. The van der Waals surface area contributed by atoms with Gasteiger partial charge in [-0.1, -0.05) is 21.1 Å². The van der Waals surface area contributed by atoms with E-state index in [0.717, 1.165) is 27.0 Å². The molecule has 0 aliphatic carbocycles. The van der Waals surface area contributed by atoms with Crippen LogP contribution >= 0.6 is 28.1 Å². The standard InChI is InChI=1S/C12H10BrN3OS/c1-7-4-9(15-17-7)6-16-11-3-2-8(13)5-10(11)14-12(16)18/h2-5H,6H2,1H3,(H,14,18). The highest BCUT2D eigenvalue weighted by Crippen LogP contribution is 2.20. The minimum atomic E-state index is 0.609. The molecule has 18 heavy (non-hydrogen) atoms. The van der Waals surface area contributed by atoms with Crippen molar-refractivity contribution in [3.63, 3.8) is 0 Å². The molecule has 0 radical (unpaired) electrons. The number of nitrogens with one attached hydrogen (secondary N) is 1. The number of hydrogen-bond acceptors (Lipinski definition) is 3. The van der Waals surface area contributed by atoms with E-state index in [1.807, 2.05) is 35.8 Å². The van der Waals surface area contributed by atoms with Crippen LogP contribution in [0.2, 0.25) is 0 Å². The summed E-state index contributed by atoms with van der Waals surface area (Å²) in [5.74, 6) is 0.805.